The van der Waals surface area contributed by atoms with Crippen LogP contribution in [0.25, 0.3) is 0 Å². The Kier molecular flexibility index (Phi) is 8.61. The first-order valence-corrected chi connectivity index (χ1v) is 11.9. The van der Waals surface area contributed by atoms with E-state index >= 15 is 0 Å². The van der Waals surface area contributed by atoms with E-state index in [1.165, 1.54) is 108 Å². The van der Waals surface area contributed by atoms with Gasteiger partial charge in [0.15, 0.2) is 0 Å². The summed E-state index contributed by atoms with van der Waals surface area (Å²) in [7, 11) is 0. The number of hydrogen-bond donors (Lipinski definition) is 0. The Labute approximate surface area is 166 Å². The minimum absolute atomic E-state index is 0.356. The molecule has 2 saturated carbocycles. The molecule has 0 N–H and O–H groups in total. The Hall–Kier alpha value is -0.920. The van der Waals surface area contributed by atoms with Gasteiger partial charge < -0.3 is 0 Å². The molecule has 0 amide bonds. The first-order valence-electron chi connectivity index (χ1n) is 11.9. The zero-order valence-electron chi connectivity index (χ0n) is 17.5. The summed E-state index contributed by atoms with van der Waals surface area (Å²) < 4.78 is 13.0. The fourth-order valence-corrected chi connectivity index (χ4v) is 5.71. The third-order valence-electron chi connectivity index (χ3n) is 7.52. The number of nitrogens with zero attached hydrogens (tertiary/aromatic N) is 1. The van der Waals surface area contributed by atoms with Crippen molar-refractivity contribution in [1.29, 1.82) is 0 Å². The van der Waals surface area contributed by atoms with Gasteiger partial charge in [0.05, 0.1) is 0 Å². The van der Waals surface area contributed by atoms with E-state index in [1.807, 2.05) is 6.07 Å². The lowest BCUT2D eigenvalue weighted by Crippen LogP contribution is -2.25. The van der Waals surface area contributed by atoms with Crippen LogP contribution in [0.2, 0.25) is 0 Å². The Morgan fingerprint density at radius 3 is 2.07 bits per heavy atom. The Bertz CT molecular complexity index is 510. The van der Waals surface area contributed by atoms with E-state index < -0.39 is 0 Å². The molecule has 1 nitrogen and oxygen atoms in total. The predicted molar refractivity (Wildman–Crippen MR) is 112 cm³/mol. The molecule has 3 rings (SSSR count). The molecule has 0 atom stereocenters. The average molecular weight is 374 g/mol. The van der Waals surface area contributed by atoms with Crippen molar-refractivity contribution in [3.8, 4) is 0 Å². The van der Waals surface area contributed by atoms with Crippen molar-refractivity contribution < 1.29 is 4.39 Å². The van der Waals surface area contributed by atoms with Gasteiger partial charge >= 0.3 is 0 Å². The molecular weight excluding hydrogens is 333 g/mol. The summed E-state index contributed by atoms with van der Waals surface area (Å²) in [6.07, 6.45) is 23.1. The average Bonchev–Trinajstić information content (AvgIpc) is 2.72. The van der Waals surface area contributed by atoms with Crippen LogP contribution < -0.4 is 0 Å². The quantitative estimate of drug-likeness (QED) is 0.315. The SMILES string of the molecule is CCCCCCCC[C@H]1CC[C@H](C2CCC(c3ccc(F)nc3)CC2)CC1. The van der Waals surface area contributed by atoms with E-state index in [0.717, 1.165) is 17.8 Å². The molecule has 0 saturated heterocycles. The van der Waals surface area contributed by atoms with E-state index in [2.05, 4.69) is 11.9 Å². The fourth-order valence-electron chi connectivity index (χ4n) is 5.71. The lowest BCUT2D eigenvalue weighted by molar-refractivity contribution is 0.155. The molecule has 1 heterocycles. The number of rotatable bonds is 9. The van der Waals surface area contributed by atoms with Gasteiger partial charge in [-0.25, -0.2) is 4.98 Å². The molecule has 2 fully saturated rings. The van der Waals surface area contributed by atoms with Crippen LogP contribution in [0.1, 0.15) is 115 Å². The lowest BCUT2D eigenvalue weighted by Gasteiger charge is -2.38. The van der Waals surface area contributed by atoms with Crippen LogP contribution in [-0.2, 0) is 0 Å². The third-order valence-corrected chi connectivity index (χ3v) is 7.52. The molecule has 0 aliphatic heterocycles. The molecule has 152 valence electrons. The molecular formula is C25H40FN. The Morgan fingerprint density at radius 2 is 1.44 bits per heavy atom. The Morgan fingerprint density at radius 1 is 0.815 bits per heavy atom. The van der Waals surface area contributed by atoms with Gasteiger partial charge in [0.25, 0.3) is 0 Å². The maximum absolute atomic E-state index is 13.0. The van der Waals surface area contributed by atoms with Gasteiger partial charge in [0.2, 0.25) is 5.95 Å². The topological polar surface area (TPSA) is 12.9 Å². The van der Waals surface area contributed by atoms with Crippen LogP contribution in [0.3, 0.4) is 0 Å². The highest BCUT2D eigenvalue weighted by molar-refractivity contribution is 5.15. The molecule has 0 spiro atoms. The van der Waals surface area contributed by atoms with Gasteiger partial charge in [-0.05, 0) is 73.8 Å². The summed E-state index contributed by atoms with van der Waals surface area (Å²) in [6, 6.07) is 3.47. The van der Waals surface area contributed by atoms with Gasteiger partial charge in [0, 0.05) is 6.20 Å². The smallest absolute Gasteiger partial charge is 0.212 e. The molecule has 0 bridgehead atoms. The van der Waals surface area contributed by atoms with Crippen LogP contribution in [0.5, 0.6) is 0 Å². The van der Waals surface area contributed by atoms with Crippen molar-refractivity contribution in [2.75, 3.05) is 0 Å². The molecule has 27 heavy (non-hydrogen) atoms. The number of pyridine rings is 1. The zero-order valence-corrected chi connectivity index (χ0v) is 17.5. The van der Waals surface area contributed by atoms with Gasteiger partial charge in [-0.1, -0.05) is 70.8 Å². The second-order valence-electron chi connectivity index (χ2n) is 9.36. The van der Waals surface area contributed by atoms with Crippen LogP contribution in [-0.4, -0.2) is 4.98 Å². The predicted octanol–water partition coefficient (Wildman–Crippen LogP) is 8.05. The highest BCUT2D eigenvalue weighted by Gasteiger charge is 2.31. The second kappa shape index (κ2) is 11.2. The van der Waals surface area contributed by atoms with Crippen molar-refractivity contribution in [1.82, 2.24) is 4.98 Å². The summed E-state index contributed by atoms with van der Waals surface area (Å²) in [4.78, 5) is 3.85. The number of hydrogen-bond acceptors (Lipinski definition) is 1. The summed E-state index contributed by atoms with van der Waals surface area (Å²) >= 11 is 0. The standard InChI is InChI=1S/C25H40FN/c1-2-3-4-5-6-7-8-20-9-11-21(12-10-20)22-13-15-23(16-14-22)24-17-18-25(26)27-19-24/h17-23H,2-16H2,1H3/t20-,21-,22?,23?. The van der Waals surface area contributed by atoms with Crippen molar-refractivity contribution in [2.24, 2.45) is 17.8 Å². The minimum Gasteiger partial charge on any atom is -0.228 e. The second-order valence-corrected chi connectivity index (χ2v) is 9.36. The van der Waals surface area contributed by atoms with Crippen LogP contribution in [0.4, 0.5) is 4.39 Å². The van der Waals surface area contributed by atoms with E-state index in [4.69, 9.17) is 0 Å². The zero-order chi connectivity index (χ0) is 18.9. The Balaban J connectivity index is 1.31. The van der Waals surface area contributed by atoms with E-state index in [9.17, 15) is 4.39 Å². The van der Waals surface area contributed by atoms with Gasteiger partial charge in [-0.15, -0.1) is 0 Å². The first kappa shape index (κ1) is 20.8. The molecule has 1 aromatic rings. The maximum atomic E-state index is 13.0. The van der Waals surface area contributed by atoms with Crippen LogP contribution in [0.15, 0.2) is 18.3 Å². The fraction of sp³-hybridized carbons (Fsp3) is 0.800. The van der Waals surface area contributed by atoms with Crippen molar-refractivity contribution in [3.05, 3.63) is 29.8 Å². The van der Waals surface area contributed by atoms with Crippen molar-refractivity contribution in [3.63, 3.8) is 0 Å². The van der Waals surface area contributed by atoms with Crippen molar-refractivity contribution >= 4 is 0 Å². The van der Waals surface area contributed by atoms with Crippen LogP contribution in [0, 0.1) is 23.7 Å². The van der Waals surface area contributed by atoms with E-state index in [1.54, 1.807) is 6.20 Å². The third kappa shape index (κ3) is 6.57. The summed E-state index contributed by atoms with van der Waals surface area (Å²) in [5.41, 5.74) is 1.25. The monoisotopic (exact) mass is 373 g/mol. The molecule has 0 radical (unpaired) electrons. The van der Waals surface area contributed by atoms with Crippen LogP contribution >= 0.6 is 0 Å². The molecule has 0 aromatic carbocycles. The van der Waals surface area contributed by atoms with E-state index in [0.29, 0.717) is 5.92 Å². The summed E-state index contributed by atoms with van der Waals surface area (Å²) in [5.74, 6) is 3.21. The summed E-state index contributed by atoms with van der Waals surface area (Å²) in [5, 5.41) is 0. The van der Waals surface area contributed by atoms with Crippen molar-refractivity contribution in [2.45, 2.75) is 109 Å². The molecule has 2 heteroatoms. The highest BCUT2D eigenvalue weighted by atomic mass is 19.1. The van der Waals surface area contributed by atoms with Gasteiger partial charge in [-0.3, -0.25) is 0 Å². The first-order chi connectivity index (χ1) is 13.3. The highest BCUT2D eigenvalue weighted by Crippen LogP contribution is 2.44. The van der Waals surface area contributed by atoms with E-state index in [-0.39, 0.29) is 5.95 Å². The largest absolute Gasteiger partial charge is 0.228 e. The number of halogens is 1. The minimum atomic E-state index is -0.356. The lowest BCUT2D eigenvalue weighted by atomic mass is 9.68. The molecule has 0 unspecified atom stereocenters. The summed E-state index contributed by atoms with van der Waals surface area (Å²) in [6.45, 7) is 2.30. The molecule has 2 aliphatic rings. The van der Waals surface area contributed by atoms with Gasteiger partial charge in [-0.2, -0.15) is 4.39 Å². The van der Waals surface area contributed by atoms with Gasteiger partial charge in [0.1, 0.15) is 0 Å². The number of aromatic nitrogens is 1. The normalized spacial score (nSPS) is 29.0. The molecule has 2 aliphatic carbocycles. The number of unbranched alkanes of at least 4 members (excludes halogenated alkanes) is 5. The molecule has 1 aromatic heterocycles. The maximum Gasteiger partial charge on any atom is 0.212 e.